The summed E-state index contributed by atoms with van der Waals surface area (Å²) < 4.78 is 5.21. The first kappa shape index (κ1) is 14.4. The lowest BCUT2D eigenvalue weighted by molar-refractivity contribution is -0.126. The second kappa shape index (κ2) is 7.63. The summed E-state index contributed by atoms with van der Waals surface area (Å²) >= 11 is 0. The van der Waals surface area contributed by atoms with Crippen molar-refractivity contribution in [2.24, 2.45) is 5.92 Å². The van der Waals surface area contributed by atoms with E-state index in [4.69, 9.17) is 4.74 Å². The SMILES string of the molecule is CCC(CC)C(O)CNC(=O)C1COCCN1. The van der Waals surface area contributed by atoms with Gasteiger partial charge in [0.15, 0.2) is 0 Å². The number of carbonyl (C=O) groups excluding carboxylic acids is 1. The van der Waals surface area contributed by atoms with Gasteiger partial charge in [0.1, 0.15) is 6.04 Å². The zero-order valence-electron chi connectivity index (χ0n) is 10.7. The van der Waals surface area contributed by atoms with Gasteiger partial charge in [0.05, 0.1) is 19.3 Å². The van der Waals surface area contributed by atoms with Gasteiger partial charge in [-0.3, -0.25) is 4.79 Å². The minimum absolute atomic E-state index is 0.0882. The summed E-state index contributed by atoms with van der Waals surface area (Å²) in [4.78, 5) is 11.7. The topological polar surface area (TPSA) is 70.6 Å². The van der Waals surface area contributed by atoms with Gasteiger partial charge in [-0.1, -0.05) is 26.7 Å². The first-order valence-electron chi connectivity index (χ1n) is 6.45. The molecule has 0 spiro atoms. The van der Waals surface area contributed by atoms with Crippen molar-refractivity contribution in [1.29, 1.82) is 0 Å². The van der Waals surface area contributed by atoms with Crippen molar-refractivity contribution in [3.05, 3.63) is 0 Å². The van der Waals surface area contributed by atoms with Crippen LogP contribution in [-0.4, -0.2) is 49.5 Å². The lowest BCUT2D eigenvalue weighted by atomic mass is 9.96. The molecule has 1 heterocycles. The van der Waals surface area contributed by atoms with Gasteiger partial charge in [0.2, 0.25) is 5.91 Å². The van der Waals surface area contributed by atoms with Gasteiger partial charge >= 0.3 is 0 Å². The molecular weight excluding hydrogens is 220 g/mol. The van der Waals surface area contributed by atoms with Crippen LogP contribution < -0.4 is 10.6 Å². The Labute approximate surface area is 103 Å². The van der Waals surface area contributed by atoms with E-state index in [-0.39, 0.29) is 17.9 Å². The highest BCUT2D eigenvalue weighted by Crippen LogP contribution is 2.12. The van der Waals surface area contributed by atoms with Gasteiger partial charge < -0.3 is 20.5 Å². The Bertz CT molecular complexity index is 226. The van der Waals surface area contributed by atoms with Crippen LogP contribution in [-0.2, 0) is 9.53 Å². The van der Waals surface area contributed by atoms with Crippen molar-refractivity contribution in [2.75, 3.05) is 26.3 Å². The number of rotatable bonds is 6. The molecular formula is C12H24N2O3. The van der Waals surface area contributed by atoms with Crippen LogP contribution in [0.15, 0.2) is 0 Å². The van der Waals surface area contributed by atoms with Crippen LogP contribution in [0.3, 0.4) is 0 Å². The normalized spacial score (nSPS) is 22.5. The largest absolute Gasteiger partial charge is 0.391 e. The molecule has 2 atom stereocenters. The Kier molecular flexibility index (Phi) is 6.47. The lowest BCUT2D eigenvalue weighted by Crippen LogP contribution is -2.52. The first-order chi connectivity index (χ1) is 8.19. The van der Waals surface area contributed by atoms with E-state index in [1.165, 1.54) is 0 Å². The summed E-state index contributed by atoms with van der Waals surface area (Å²) in [7, 11) is 0. The summed E-state index contributed by atoms with van der Waals surface area (Å²) in [6.45, 7) is 6.19. The van der Waals surface area contributed by atoms with Crippen molar-refractivity contribution in [1.82, 2.24) is 10.6 Å². The lowest BCUT2D eigenvalue weighted by Gasteiger charge is -2.25. The van der Waals surface area contributed by atoms with Gasteiger partial charge in [-0.05, 0) is 5.92 Å². The van der Waals surface area contributed by atoms with Crippen molar-refractivity contribution in [2.45, 2.75) is 38.8 Å². The van der Waals surface area contributed by atoms with Crippen LogP contribution in [0.2, 0.25) is 0 Å². The maximum atomic E-state index is 11.7. The zero-order chi connectivity index (χ0) is 12.7. The molecule has 1 rings (SSSR count). The number of hydrogen-bond donors (Lipinski definition) is 3. The second-order valence-electron chi connectivity index (χ2n) is 4.47. The summed E-state index contributed by atoms with van der Waals surface area (Å²) in [5.41, 5.74) is 0. The fraction of sp³-hybridized carbons (Fsp3) is 0.917. The monoisotopic (exact) mass is 244 g/mol. The van der Waals surface area contributed by atoms with Gasteiger partial charge in [-0.15, -0.1) is 0 Å². The predicted molar refractivity (Wildman–Crippen MR) is 65.7 cm³/mol. The van der Waals surface area contributed by atoms with Crippen molar-refractivity contribution >= 4 is 5.91 Å². The van der Waals surface area contributed by atoms with Gasteiger partial charge in [-0.2, -0.15) is 0 Å². The quantitative estimate of drug-likeness (QED) is 0.609. The van der Waals surface area contributed by atoms with Crippen LogP contribution in [0.1, 0.15) is 26.7 Å². The molecule has 1 aliphatic rings. The third-order valence-electron chi connectivity index (χ3n) is 3.32. The molecule has 0 aromatic heterocycles. The minimum atomic E-state index is -0.460. The highest BCUT2D eigenvalue weighted by Gasteiger charge is 2.22. The predicted octanol–water partition coefficient (Wildman–Crippen LogP) is -0.112. The molecule has 1 aliphatic heterocycles. The molecule has 1 fully saturated rings. The fourth-order valence-corrected chi connectivity index (χ4v) is 2.06. The Morgan fingerprint density at radius 1 is 1.53 bits per heavy atom. The molecule has 100 valence electrons. The van der Waals surface area contributed by atoms with Gasteiger partial charge in [0, 0.05) is 13.1 Å². The molecule has 5 heteroatoms. The molecule has 3 N–H and O–H groups in total. The smallest absolute Gasteiger partial charge is 0.239 e. The molecule has 17 heavy (non-hydrogen) atoms. The molecule has 5 nitrogen and oxygen atoms in total. The Morgan fingerprint density at radius 3 is 2.76 bits per heavy atom. The standard InChI is InChI=1S/C12H24N2O3/c1-3-9(4-2)11(15)7-14-12(16)10-8-17-6-5-13-10/h9-11,13,15H,3-8H2,1-2H3,(H,14,16). The molecule has 1 saturated heterocycles. The van der Waals surface area contributed by atoms with Gasteiger partial charge in [-0.25, -0.2) is 0 Å². The van der Waals surface area contributed by atoms with Crippen molar-refractivity contribution in [3.63, 3.8) is 0 Å². The van der Waals surface area contributed by atoms with E-state index in [0.29, 0.717) is 26.3 Å². The maximum absolute atomic E-state index is 11.7. The molecule has 2 unspecified atom stereocenters. The maximum Gasteiger partial charge on any atom is 0.239 e. The van der Waals surface area contributed by atoms with E-state index >= 15 is 0 Å². The number of aliphatic hydroxyl groups is 1. The molecule has 0 bridgehead atoms. The van der Waals surface area contributed by atoms with Gasteiger partial charge in [0.25, 0.3) is 0 Å². The molecule has 0 radical (unpaired) electrons. The van der Waals surface area contributed by atoms with E-state index in [0.717, 1.165) is 12.8 Å². The van der Waals surface area contributed by atoms with Crippen LogP contribution >= 0.6 is 0 Å². The first-order valence-corrected chi connectivity index (χ1v) is 6.45. The average molecular weight is 244 g/mol. The summed E-state index contributed by atoms with van der Waals surface area (Å²) in [5.74, 6) is 0.167. The van der Waals surface area contributed by atoms with E-state index < -0.39 is 6.10 Å². The number of hydrogen-bond acceptors (Lipinski definition) is 4. The second-order valence-corrected chi connectivity index (χ2v) is 4.47. The van der Waals surface area contributed by atoms with Crippen LogP contribution in [0, 0.1) is 5.92 Å². The van der Waals surface area contributed by atoms with E-state index in [1.807, 2.05) is 0 Å². The Hall–Kier alpha value is -0.650. The van der Waals surface area contributed by atoms with Crippen molar-refractivity contribution < 1.29 is 14.6 Å². The third kappa shape index (κ3) is 4.61. The zero-order valence-corrected chi connectivity index (χ0v) is 10.7. The van der Waals surface area contributed by atoms with E-state index in [9.17, 15) is 9.90 Å². The molecule has 1 amide bonds. The molecule has 0 saturated carbocycles. The van der Waals surface area contributed by atoms with Crippen molar-refractivity contribution in [3.8, 4) is 0 Å². The van der Waals surface area contributed by atoms with Crippen LogP contribution in [0.25, 0.3) is 0 Å². The third-order valence-corrected chi connectivity index (χ3v) is 3.32. The summed E-state index contributed by atoms with van der Waals surface area (Å²) in [6.07, 6.45) is 1.40. The molecule has 0 aromatic carbocycles. The molecule has 0 aromatic rings. The number of ether oxygens (including phenoxy) is 1. The molecule has 0 aliphatic carbocycles. The number of morpholine rings is 1. The Morgan fingerprint density at radius 2 is 2.24 bits per heavy atom. The number of aliphatic hydroxyl groups excluding tert-OH is 1. The average Bonchev–Trinajstić information content (AvgIpc) is 2.38. The van der Waals surface area contributed by atoms with Crippen LogP contribution in [0.5, 0.6) is 0 Å². The summed E-state index contributed by atoms with van der Waals surface area (Å²) in [5, 5.41) is 15.7. The minimum Gasteiger partial charge on any atom is -0.391 e. The van der Waals surface area contributed by atoms with Crippen LogP contribution in [0.4, 0.5) is 0 Å². The Balaban J connectivity index is 2.26. The van der Waals surface area contributed by atoms with E-state index in [2.05, 4.69) is 24.5 Å². The highest BCUT2D eigenvalue weighted by molar-refractivity contribution is 5.82. The van der Waals surface area contributed by atoms with E-state index in [1.54, 1.807) is 0 Å². The number of amides is 1. The highest BCUT2D eigenvalue weighted by atomic mass is 16.5. The summed E-state index contributed by atoms with van der Waals surface area (Å²) in [6, 6.07) is -0.280. The number of carbonyl (C=O) groups is 1. The fourth-order valence-electron chi connectivity index (χ4n) is 2.06. The number of nitrogens with one attached hydrogen (secondary N) is 2.